The summed E-state index contributed by atoms with van der Waals surface area (Å²) in [7, 11) is 5.87. The van der Waals surface area contributed by atoms with Crippen molar-refractivity contribution in [3.63, 3.8) is 0 Å². The van der Waals surface area contributed by atoms with Crippen LogP contribution in [0.2, 0.25) is 0 Å². The number of aliphatic hydroxyl groups excluding tert-OH is 4. The molecule has 1 aliphatic carbocycles. The van der Waals surface area contributed by atoms with Gasteiger partial charge >= 0.3 is 0 Å². The van der Waals surface area contributed by atoms with Gasteiger partial charge in [0.2, 0.25) is 12.1 Å². The normalized spacial score (nSPS) is 25.4. The molecule has 200 valence electrons. The summed E-state index contributed by atoms with van der Waals surface area (Å²) in [5, 5.41) is 39.9. The summed E-state index contributed by atoms with van der Waals surface area (Å²) >= 11 is 0. The van der Waals surface area contributed by atoms with E-state index in [2.05, 4.69) is 0 Å². The van der Waals surface area contributed by atoms with Crippen molar-refractivity contribution in [1.82, 2.24) is 0 Å². The number of carbonyl (C=O) groups excluding carboxylic acids is 1. The lowest BCUT2D eigenvalue weighted by atomic mass is 9.85. The summed E-state index contributed by atoms with van der Waals surface area (Å²) in [5.41, 5.74) is 2.15. The highest BCUT2D eigenvalue weighted by atomic mass is 16.7. The summed E-state index contributed by atoms with van der Waals surface area (Å²) < 4.78 is 33.0. The van der Waals surface area contributed by atoms with Crippen LogP contribution in [0.25, 0.3) is 5.57 Å². The largest absolute Gasteiger partial charge is 0.496 e. The second kappa shape index (κ2) is 11.0. The fourth-order valence-electron chi connectivity index (χ4n) is 4.56. The lowest BCUT2D eigenvalue weighted by Gasteiger charge is -2.39. The number of hydrogen-bond acceptors (Lipinski definition) is 11. The van der Waals surface area contributed by atoms with Crippen molar-refractivity contribution >= 4 is 11.4 Å². The summed E-state index contributed by atoms with van der Waals surface area (Å²) in [4.78, 5) is 13.5. The van der Waals surface area contributed by atoms with Crippen molar-refractivity contribution in [3.05, 3.63) is 52.8 Å². The van der Waals surface area contributed by atoms with E-state index < -0.39 is 37.3 Å². The Morgan fingerprint density at radius 3 is 2.19 bits per heavy atom. The molecule has 11 heteroatoms. The summed E-state index contributed by atoms with van der Waals surface area (Å²) in [6, 6.07) is 8.32. The monoisotopic (exact) mass is 518 g/mol. The molecular weight excluding hydrogens is 488 g/mol. The van der Waals surface area contributed by atoms with E-state index in [-0.39, 0.29) is 29.5 Å². The molecule has 0 aromatic heterocycles. The van der Waals surface area contributed by atoms with Crippen LogP contribution in [0.3, 0.4) is 0 Å². The first-order valence-corrected chi connectivity index (χ1v) is 11.5. The lowest BCUT2D eigenvalue weighted by Crippen LogP contribution is -2.60. The smallest absolute Gasteiger partial charge is 0.231 e. The van der Waals surface area contributed by atoms with E-state index in [1.807, 2.05) is 0 Å². The molecule has 1 heterocycles. The third kappa shape index (κ3) is 4.83. The summed E-state index contributed by atoms with van der Waals surface area (Å²) in [6.45, 7) is -0.591. The predicted molar refractivity (Wildman–Crippen MR) is 129 cm³/mol. The third-order valence-corrected chi connectivity index (χ3v) is 6.49. The number of aliphatic hydroxyl groups is 4. The van der Waals surface area contributed by atoms with Crippen LogP contribution < -0.4 is 18.9 Å². The molecule has 11 nitrogen and oxygen atoms in total. The van der Waals surface area contributed by atoms with Gasteiger partial charge in [0.25, 0.3) is 0 Å². The fraction of sp³-hybridized carbons (Fsp3) is 0.423. The highest BCUT2D eigenvalue weighted by Gasteiger charge is 2.45. The van der Waals surface area contributed by atoms with Crippen LogP contribution in [0.1, 0.15) is 21.5 Å². The first kappa shape index (κ1) is 26.7. The molecule has 0 amide bonds. The van der Waals surface area contributed by atoms with Gasteiger partial charge < -0.3 is 48.8 Å². The molecule has 5 atom stereocenters. The maximum absolute atomic E-state index is 13.5. The minimum Gasteiger partial charge on any atom is -0.496 e. The number of benzene rings is 2. The van der Waals surface area contributed by atoms with E-state index in [1.54, 1.807) is 24.3 Å². The van der Waals surface area contributed by atoms with Gasteiger partial charge in [-0.25, -0.2) is 0 Å². The Kier molecular flexibility index (Phi) is 7.90. The maximum atomic E-state index is 13.5. The standard InChI is InChI=1S/C26H30O11/c1-32-16-6-5-12(9-17(16)33-2)15-8-13-7-14(10-18(34-3)20(13)22(29)25(15)35-4)36-26-24(31)23(30)21(28)19(11-27)37-26/h5-7,9-10,19,21,23-24,26-28,30-31H,8,11H2,1-4H3. The second-order valence-corrected chi connectivity index (χ2v) is 8.56. The highest BCUT2D eigenvalue weighted by Crippen LogP contribution is 2.41. The fourth-order valence-corrected chi connectivity index (χ4v) is 4.56. The lowest BCUT2D eigenvalue weighted by molar-refractivity contribution is -0.277. The number of hydrogen-bond donors (Lipinski definition) is 4. The molecule has 4 N–H and O–H groups in total. The van der Waals surface area contributed by atoms with Gasteiger partial charge in [-0.3, -0.25) is 4.79 Å². The van der Waals surface area contributed by atoms with Crippen LogP contribution in [0.5, 0.6) is 23.0 Å². The van der Waals surface area contributed by atoms with Crippen molar-refractivity contribution in [2.24, 2.45) is 0 Å². The minimum atomic E-state index is -1.60. The number of rotatable bonds is 8. The van der Waals surface area contributed by atoms with Gasteiger partial charge in [-0.05, 0) is 29.3 Å². The number of Topliss-reactive ketones (excluding diaryl/α,β-unsaturated/α-hetero) is 1. The van der Waals surface area contributed by atoms with Gasteiger partial charge in [0.15, 0.2) is 17.3 Å². The SMILES string of the molecule is COC1=C(c2ccc(OC)c(OC)c2)Cc2cc(OC3OC(CO)C(O)C(O)C3O)cc(OC)c2C1=O. The molecule has 0 spiro atoms. The molecule has 1 aliphatic heterocycles. The Labute approximate surface area is 213 Å². The highest BCUT2D eigenvalue weighted by molar-refractivity contribution is 6.16. The van der Waals surface area contributed by atoms with Gasteiger partial charge in [0, 0.05) is 18.1 Å². The quantitative estimate of drug-likeness (QED) is 0.390. The summed E-state index contributed by atoms with van der Waals surface area (Å²) in [5.74, 6) is 1.18. The Hall–Kier alpha value is -3.35. The van der Waals surface area contributed by atoms with E-state index in [1.165, 1.54) is 34.5 Å². The van der Waals surface area contributed by atoms with Crippen LogP contribution in [-0.2, 0) is 15.9 Å². The molecule has 4 rings (SSSR count). The number of carbonyl (C=O) groups is 1. The number of methoxy groups -OCH3 is 4. The van der Waals surface area contributed by atoms with Crippen LogP contribution in [0.15, 0.2) is 36.1 Å². The van der Waals surface area contributed by atoms with Crippen LogP contribution >= 0.6 is 0 Å². The molecule has 2 aliphatic rings. The zero-order valence-electron chi connectivity index (χ0n) is 20.8. The van der Waals surface area contributed by atoms with Gasteiger partial charge in [0.05, 0.1) is 40.6 Å². The van der Waals surface area contributed by atoms with E-state index in [0.29, 0.717) is 33.8 Å². The second-order valence-electron chi connectivity index (χ2n) is 8.56. The summed E-state index contributed by atoms with van der Waals surface area (Å²) in [6.07, 6.45) is -6.97. The van der Waals surface area contributed by atoms with E-state index in [0.717, 1.165) is 0 Å². The van der Waals surface area contributed by atoms with Crippen LogP contribution in [-0.4, -0.2) is 92.0 Å². The van der Waals surface area contributed by atoms with Crippen molar-refractivity contribution < 1.29 is 53.6 Å². The molecule has 2 aromatic carbocycles. The van der Waals surface area contributed by atoms with Crippen molar-refractivity contribution in [2.75, 3.05) is 35.0 Å². The van der Waals surface area contributed by atoms with Crippen molar-refractivity contribution in [1.29, 1.82) is 0 Å². The Morgan fingerprint density at radius 1 is 0.865 bits per heavy atom. The number of allylic oxidation sites excluding steroid dienone is 2. The average molecular weight is 519 g/mol. The number of ketones is 1. The molecule has 0 radical (unpaired) electrons. The Bertz CT molecular complexity index is 1190. The van der Waals surface area contributed by atoms with Gasteiger partial charge in [-0.15, -0.1) is 0 Å². The average Bonchev–Trinajstić information content (AvgIpc) is 2.92. The van der Waals surface area contributed by atoms with Crippen LogP contribution in [0.4, 0.5) is 0 Å². The molecule has 1 saturated heterocycles. The molecule has 5 unspecified atom stereocenters. The number of fused-ring (bicyclic) bond motifs is 1. The number of ether oxygens (including phenoxy) is 6. The molecule has 1 fully saturated rings. The minimum absolute atomic E-state index is 0.153. The van der Waals surface area contributed by atoms with E-state index in [9.17, 15) is 25.2 Å². The maximum Gasteiger partial charge on any atom is 0.231 e. The van der Waals surface area contributed by atoms with E-state index in [4.69, 9.17) is 28.4 Å². The van der Waals surface area contributed by atoms with Crippen molar-refractivity contribution in [3.8, 4) is 23.0 Å². The zero-order chi connectivity index (χ0) is 26.9. The predicted octanol–water partition coefficient (Wildman–Crippen LogP) is 0.688. The van der Waals surface area contributed by atoms with Crippen LogP contribution in [0, 0.1) is 0 Å². The van der Waals surface area contributed by atoms with Crippen molar-refractivity contribution in [2.45, 2.75) is 37.1 Å². The van der Waals surface area contributed by atoms with E-state index >= 15 is 0 Å². The van der Waals surface area contributed by atoms with Gasteiger partial charge in [0.1, 0.15) is 35.9 Å². The van der Waals surface area contributed by atoms with Gasteiger partial charge in [-0.1, -0.05) is 6.07 Å². The van der Waals surface area contributed by atoms with Gasteiger partial charge in [-0.2, -0.15) is 0 Å². The molecule has 2 aromatic rings. The Balaban J connectivity index is 1.72. The molecule has 37 heavy (non-hydrogen) atoms. The topological polar surface area (TPSA) is 153 Å². The first-order chi connectivity index (χ1) is 17.8. The first-order valence-electron chi connectivity index (χ1n) is 11.5. The molecule has 0 saturated carbocycles. The third-order valence-electron chi connectivity index (χ3n) is 6.49. The Morgan fingerprint density at radius 2 is 1.57 bits per heavy atom. The zero-order valence-corrected chi connectivity index (χ0v) is 20.8. The molecule has 0 bridgehead atoms. The molecular formula is C26H30O11.